The molecule has 2 aliphatic rings. The molecule has 110 valence electrons. The van der Waals surface area contributed by atoms with Crippen LogP contribution in [0.15, 0.2) is 11.8 Å². The molecular formula is C16H28O2S. The van der Waals surface area contributed by atoms with E-state index >= 15 is 0 Å². The first kappa shape index (κ1) is 15.1. The van der Waals surface area contributed by atoms with E-state index in [4.69, 9.17) is 4.74 Å². The molecule has 0 bridgehead atoms. The summed E-state index contributed by atoms with van der Waals surface area (Å²) >= 11 is 0. The van der Waals surface area contributed by atoms with Gasteiger partial charge in [0.2, 0.25) is 0 Å². The molecule has 0 amide bonds. The fourth-order valence-electron chi connectivity index (χ4n) is 3.32. The van der Waals surface area contributed by atoms with Gasteiger partial charge in [-0.05, 0) is 62.4 Å². The lowest BCUT2D eigenvalue weighted by Gasteiger charge is -2.36. The van der Waals surface area contributed by atoms with E-state index in [0.29, 0.717) is 5.41 Å². The normalized spacial score (nSPS) is 31.4. The monoisotopic (exact) mass is 284 g/mol. The van der Waals surface area contributed by atoms with Crippen molar-refractivity contribution in [3.05, 3.63) is 11.8 Å². The Balaban J connectivity index is 1.65. The molecule has 0 aromatic rings. The molecule has 0 N–H and O–H groups in total. The lowest BCUT2D eigenvalue weighted by Crippen LogP contribution is -2.30. The summed E-state index contributed by atoms with van der Waals surface area (Å²) in [7, 11) is -0.540. The van der Waals surface area contributed by atoms with Crippen molar-refractivity contribution in [2.24, 2.45) is 5.41 Å². The van der Waals surface area contributed by atoms with Crippen molar-refractivity contribution in [2.45, 2.75) is 64.7 Å². The molecule has 0 spiro atoms. The predicted octanol–water partition coefficient (Wildman–Crippen LogP) is 4.18. The standard InChI is InChI=1S/C16H28O2S/c1-2-16(9-12-19(17)13-10-16)8-5-11-18-14-15-6-3-4-7-15/h14H,2-13H2,1H3. The molecule has 3 heteroatoms. The van der Waals surface area contributed by atoms with Crippen LogP contribution in [-0.4, -0.2) is 22.3 Å². The second-order valence-electron chi connectivity index (χ2n) is 6.16. The minimum atomic E-state index is -0.540. The van der Waals surface area contributed by atoms with E-state index in [1.165, 1.54) is 44.1 Å². The van der Waals surface area contributed by atoms with Crippen LogP contribution >= 0.6 is 0 Å². The Bertz CT molecular complexity index is 318. The van der Waals surface area contributed by atoms with Crippen molar-refractivity contribution in [1.82, 2.24) is 0 Å². The van der Waals surface area contributed by atoms with E-state index in [1.54, 1.807) is 0 Å². The third-order valence-electron chi connectivity index (χ3n) is 4.94. The van der Waals surface area contributed by atoms with Crippen LogP contribution in [0.1, 0.15) is 64.7 Å². The molecule has 2 nitrogen and oxygen atoms in total. The lowest BCUT2D eigenvalue weighted by atomic mass is 9.76. The van der Waals surface area contributed by atoms with Crippen LogP contribution in [0, 0.1) is 5.41 Å². The van der Waals surface area contributed by atoms with Crippen molar-refractivity contribution in [1.29, 1.82) is 0 Å². The van der Waals surface area contributed by atoms with Gasteiger partial charge in [-0.3, -0.25) is 4.21 Å². The SMILES string of the molecule is CCC1(CCCOC=C2CCCC2)CCS(=O)CC1. The van der Waals surface area contributed by atoms with Crippen molar-refractivity contribution >= 4 is 10.8 Å². The fraction of sp³-hybridized carbons (Fsp3) is 0.875. The van der Waals surface area contributed by atoms with Crippen LogP contribution in [0.5, 0.6) is 0 Å². The molecule has 2 fully saturated rings. The van der Waals surface area contributed by atoms with Crippen LogP contribution < -0.4 is 0 Å². The topological polar surface area (TPSA) is 26.3 Å². The number of ether oxygens (including phenoxy) is 1. The number of allylic oxidation sites excluding steroid dienone is 1. The van der Waals surface area contributed by atoms with Gasteiger partial charge in [0.1, 0.15) is 0 Å². The Kier molecular flexibility index (Phi) is 5.93. The fourth-order valence-corrected chi connectivity index (χ4v) is 4.85. The zero-order chi connectivity index (χ0) is 13.6. The van der Waals surface area contributed by atoms with Gasteiger partial charge in [0.05, 0.1) is 12.9 Å². The molecule has 1 heterocycles. The van der Waals surface area contributed by atoms with Gasteiger partial charge in [-0.25, -0.2) is 0 Å². The average Bonchev–Trinajstić information content (AvgIpc) is 2.94. The summed E-state index contributed by atoms with van der Waals surface area (Å²) < 4.78 is 17.2. The van der Waals surface area contributed by atoms with E-state index in [-0.39, 0.29) is 0 Å². The molecule has 0 unspecified atom stereocenters. The van der Waals surface area contributed by atoms with E-state index in [1.807, 2.05) is 6.26 Å². The molecule has 2 rings (SSSR count). The highest BCUT2D eigenvalue weighted by Gasteiger charge is 2.31. The Hall–Kier alpha value is -0.310. The molecular weight excluding hydrogens is 256 g/mol. The smallest absolute Gasteiger partial charge is 0.0873 e. The van der Waals surface area contributed by atoms with Gasteiger partial charge < -0.3 is 4.74 Å². The van der Waals surface area contributed by atoms with Gasteiger partial charge in [-0.15, -0.1) is 0 Å². The minimum Gasteiger partial charge on any atom is -0.501 e. The number of hydrogen-bond acceptors (Lipinski definition) is 2. The van der Waals surface area contributed by atoms with Crippen molar-refractivity contribution in [3.8, 4) is 0 Å². The molecule has 1 saturated heterocycles. The van der Waals surface area contributed by atoms with E-state index in [0.717, 1.165) is 37.4 Å². The second-order valence-corrected chi connectivity index (χ2v) is 7.86. The van der Waals surface area contributed by atoms with Gasteiger partial charge in [0, 0.05) is 22.3 Å². The zero-order valence-corrected chi connectivity index (χ0v) is 13.1. The summed E-state index contributed by atoms with van der Waals surface area (Å²) in [4.78, 5) is 0. The Labute approximate surface area is 120 Å². The summed E-state index contributed by atoms with van der Waals surface area (Å²) in [6.45, 7) is 3.14. The molecule has 0 radical (unpaired) electrons. The third-order valence-corrected chi connectivity index (χ3v) is 6.25. The van der Waals surface area contributed by atoms with Gasteiger partial charge in [-0.2, -0.15) is 0 Å². The molecule has 0 aromatic heterocycles. The molecule has 0 atom stereocenters. The summed E-state index contributed by atoms with van der Waals surface area (Å²) in [5.41, 5.74) is 1.95. The van der Waals surface area contributed by atoms with Crippen molar-refractivity contribution < 1.29 is 8.95 Å². The number of rotatable bonds is 6. The summed E-state index contributed by atoms with van der Waals surface area (Å²) in [5, 5.41) is 0. The maximum absolute atomic E-state index is 11.5. The van der Waals surface area contributed by atoms with Crippen molar-refractivity contribution in [3.63, 3.8) is 0 Å². The van der Waals surface area contributed by atoms with Crippen LogP contribution in [0.3, 0.4) is 0 Å². The molecule has 0 aromatic carbocycles. The van der Waals surface area contributed by atoms with Crippen LogP contribution in [0.25, 0.3) is 0 Å². The van der Waals surface area contributed by atoms with E-state index < -0.39 is 10.8 Å². The molecule has 1 saturated carbocycles. The minimum absolute atomic E-state index is 0.456. The Morgan fingerprint density at radius 1 is 1.26 bits per heavy atom. The largest absolute Gasteiger partial charge is 0.501 e. The van der Waals surface area contributed by atoms with Crippen LogP contribution in [0.4, 0.5) is 0 Å². The zero-order valence-electron chi connectivity index (χ0n) is 12.3. The maximum Gasteiger partial charge on any atom is 0.0873 e. The van der Waals surface area contributed by atoms with Gasteiger partial charge in [0.15, 0.2) is 0 Å². The first-order chi connectivity index (χ1) is 9.24. The quantitative estimate of drug-likeness (QED) is 0.540. The van der Waals surface area contributed by atoms with Crippen LogP contribution in [0.2, 0.25) is 0 Å². The molecule has 19 heavy (non-hydrogen) atoms. The summed E-state index contributed by atoms with van der Waals surface area (Å²) in [6.07, 6.45) is 13.1. The van der Waals surface area contributed by atoms with Crippen molar-refractivity contribution in [2.75, 3.05) is 18.1 Å². The molecule has 1 aliphatic carbocycles. The predicted molar refractivity (Wildman–Crippen MR) is 81.6 cm³/mol. The average molecular weight is 284 g/mol. The molecule has 1 aliphatic heterocycles. The van der Waals surface area contributed by atoms with Gasteiger partial charge in [-0.1, -0.05) is 13.3 Å². The summed E-state index contributed by atoms with van der Waals surface area (Å²) in [5.74, 6) is 1.83. The lowest BCUT2D eigenvalue weighted by molar-refractivity contribution is 0.176. The Morgan fingerprint density at radius 3 is 2.58 bits per heavy atom. The first-order valence-electron chi connectivity index (χ1n) is 7.89. The van der Waals surface area contributed by atoms with E-state index in [9.17, 15) is 4.21 Å². The van der Waals surface area contributed by atoms with Gasteiger partial charge in [0.25, 0.3) is 0 Å². The first-order valence-corrected chi connectivity index (χ1v) is 9.37. The summed E-state index contributed by atoms with van der Waals surface area (Å²) in [6, 6.07) is 0. The van der Waals surface area contributed by atoms with Gasteiger partial charge >= 0.3 is 0 Å². The Morgan fingerprint density at radius 2 is 1.95 bits per heavy atom. The highest BCUT2D eigenvalue weighted by Crippen LogP contribution is 2.39. The van der Waals surface area contributed by atoms with Crippen LogP contribution in [-0.2, 0) is 15.5 Å². The maximum atomic E-state index is 11.5. The van der Waals surface area contributed by atoms with E-state index in [2.05, 4.69) is 6.92 Å². The third kappa shape index (κ3) is 4.62. The highest BCUT2D eigenvalue weighted by molar-refractivity contribution is 7.85. The highest BCUT2D eigenvalue weighted by atomic mass is 32.2. The second kappa shape index (κ2) is 7.47. The number of hydrogen-bond donors (Lipinski definition) is 0.